The largest absolute Gasteiger partial charge is 0.470 e. The molecule has 68 valence electrons. The minimum atomic E-state index is -0.0447. The number of hydrogen-bond acceptors (Lipinski definition) is 6. The highest BCUT2D eigenvalue weighted by Gasteiger charge is 2.18. The molecule has 0 aliphatic carbocycles. The molecule has 0 amide bonds. The van der Waals surface area contributed by atoms with Crippen LogP contribution in [0.25, 0.3) is 0 Å². The van der Waals surface area contributed by atoms with Crippen molar-refractivity contribution in [2.45, 2.75) is 0 Å². The second kappa shape index (κ2) is 3.19. The van der Waals surface area contributed by atoms with Gasteiger partial charge in [0, 0.05) is 0 Å². The summed E-state index contributed by atoms with van der Waals surface area (Å²) in [5.74, 6) is 0.346. The van der Waals surface area contributed by atoms with Gasteiger partial charge in [0.25, 0.3) is 11.8 Å². The average molecular weight is 188 g/mol. The summed E-state index contributed by atoms with van der Waals surface area (Å²) in [6, 6.07) is 3.53. The lowest BCUT2D eigenvalue weighted by Crippen LogP contribution is -2.18. The molecule has 0 saturated heterocycles. The van der Waals surface area contributed by atoms with Gasteiger partial charge in [0.05, 0.1) is 0 Å². The normalized spacial score (nSPS) is 12.7. The van der Waals surface area contributed by atoms with Crippen LogP contribution in [0.15, 0.2) is 0 Å². The molecule has 2 rings (SSSR count). The van der Waals surface area contributed by atoms with Gasteiger partial charge >= 0.3 is 0 Å². The van der Waals surface area contributed by atoms with Crippen molar-refractivity contribution in [2.24, 2.45) is 0 Å². The van der Waals surface area contributed by atoms with E-state index in [0.29, 0.717) is 13.2 Å². The Balaban J connectivity index is 2.57. The molecule has 14 heavy (non-hydrogen) atoms. The van der Waals surface area contributed by atoms with E-state index in [1.807, 2.05) is 0 Å². The molecule has 0 spiro atoms. The van der Waals surface area contributed by atoms with Crippen LogP contribution in [0.5, 0.6) is 11.8 Å². The molecule has 1 aliphatic heterocycles. The van der Waals surface area contributed by atoms with Crippen LogP contribution in [0, 0.1) is 22.7 Å². The van der Waals surface area contributed by atoms with Gasteiger partial charge in [-0.3, -0.25) is 0 Å². The zero-order valence-electron chi connectivity index (χ0n) is 7.02. The molecule has 0 N–H and O–H groups in total. The van der Waals surface area contributed by atoms with E-state index in [1.165, 1.54) is 0 Å². The molecule has 1 aromatic rings. The molecule has 0 radical (unpaired) electrons. The highest BCUT2D eigenvalue weighted by Crippen LogP contribution is 2.25. The van der Waals surface area contributed by atoms with E-state index >= 15 is 0 Å². The highest BCUT2D eigenvalue weighted by molar-refractivity contribution is 5.41. The summed E-state index contributed by atoms with van der Waals surface area (Å²) in [6.45, 7) is 0.747. The topological polar surface area (TPSA) is 91.8 Å². The van der Waals surface area contributed by atoms with E-state index in [9.17, 15) is 0 Å². The SMILES string of the molecule is N#Cc1nc2c(nc1C#N)OCCO2. The van der Waals surface area contributed by atoms with Crippen molar-refractivity contribution in [3.63, 3.8) is 0 Å². The summed E-state index contributed by atoms with van der Waals surface area (Å²) in [7, 11) is 0. The number of aromatic nitrogens is 2. The second-order valence-corrected chi connectivity index (χ2v) is 2.45. The first-order valence-electron chi connectivity index (χ1n) is 3.83. The minimum Gasteiger partial charge on any atom is -0.470 e. The quantitative estimate of drug-likeness (QED) is 0.568. The van der Waals surface area contributed by atoms with Crippen molar-refractivity contribution in [1.29, 1.82) is 10.5 Å². The number of nitrogens with zero attached hydrogens (tertiary/aromatic N) is 4. The molecule has 6 heteroatoms. The van der Waals surface area contributed by atoms with Crippen molar-refractivity contribution in [2.75, 3.05) is 13.2 Å². The van der Waals surface area contributed by atoms with Gasteiger partial charge in [-0.05, 0) is 0 Å². The zero-order valence-corrected chi connectivity index (χ0v) is 7.02. The lowest BCUT2D eigenvalue weighted by Gasteiger charge is -2.15. The van der Waals surface area contributed by atoms with E-state index in [-0.39, 0.29) is 23.1 Å². The van der Waals surface area contributed by atoms with Crippen LogP contribution in [0.1, 0.15) is 11.4 Å². The fourth-order valence-electron chi connectivity index (χ4n) is 1.03. The number of hydrogen-bond donors (Lipinski definition) is 0. The minimum absolute atomic E-state index is 0.0447. The maximum absolute atomic E-state index is 8.65. The third kappa shape index (κ3) is 1.19. The van der Waals surface area contributed by atoms with Crippen molar-refractivity contribution in [1.82, 2.24) is 9.97 Å². The fourth-order valence-corrected chi connectivity index (χ4v) is 1.03. The summed E-state index contributed by atoms with van der Waals surface area (Å²) < 4.78 is 10.2. The Hall–Kier alpha value is -2.34. The average Bonchev–Trinajstić information content (AvgIpc) is 2.27. The fraction of sp³-hybridized carbons (Fsp3) is 0.250. The van der Waals surface area contributed by atoms with Gasteiger partial charge in [-0.2, -0.15) is 20.5 Å². The Morgan fingerprint density at radius 1 is 0.929 bits per heavy atom. The van der Waals surface area contributed by atoms with E-state index < -0.39 is 0 Å². The van der Waals surface area contributed by atoms with Gasteiger partial charge in [0.2, 0.25) is 0 Å². The van der Waals surface area contributed by atoms with Gasteiger partial charge in [-0.15, -0.1) is 0 Å². The van der Waals surface area contributed by atoms with E-state index in [1.54, 1.807) is 12.1 Å². The van der Waals surface area contributed by atoms with Gasteiger partial charge in [-0.1, -0.05) is 0 Å². The van der Waals surface area contributed by atoms with Crippen LogP contribution in [0.4, 0.5) is 0 Å². The van der Waals surface area contributed by atoms with E-state index in [2.05, 4.69) is 9.97 Å². The first kappa shape index (κ1) is 8.27. The lowest BCUT2D eigenvalue weighted by atomic mass is 10.3. The second-order valence-electron chi connectivity index (χ2n) is 2.45. The zero-order chi connectivity index (χ0) is 9.97. The summed E-state index contributed by atoms with van der Waals surface area (Å²) >= 11 is 0. The monoisotopic (exact) mass is 188 g/mol. The smallest absolute Gasteiger partial charge is 0.279 e. The van der Waals surface area contributed by atoms with Crippen molar-refractivity contribution in [3.05, 3.63) is 11.4 Å². The molecule has 6 nitrogen and oxygen atoms in total. The van der Waals surface area contributed by atoms with Crippen molar-refractivity contribution < 1.29 is 9.47 Å². The summed E-state index contributed by atoms with van der Waals surface area (Å²) in [5, 5.41) is 17.3. The van der Waals surface area contributed by atoms with Crippen LogP contribution in [0.2, 0.25) is 0 Å². The Labute approximate surface area is 79.3 Å². The number of nitriles is 2. The molecule has 1 aliphatic rings. The molecule has 1 aromatic heterocycles. The first-order chi connectivity index (χ1) is 6.85. The number of fused-ring (bicyclic) bond motifs is 1. The summed E-state index contributed by atoms with van der Waals surface area (Å²) in [6.07, 6.45) is 0. The third-order valence-electron chi connectivity index (χ3n) is 1.61. The molecule has 0 aromatic carbocycles. The third-order valence-corrected chi connectivity index (χ3v) is 1.61. The van der Waals surface area contributed by atoms with Gasteiger partial charge < -0.3 is 9.47 Å². The Kier molecular flexibility index (Phi) is 1.88. The molecule has 0 fully saturated rings. The highest BCUT2D eigenvalue weighted by atomic mass is 16.6. The predicted octanol–water partition coefficient (Wildman–Crippen LogP) is -0.00884. The lowest BCUT2D eigenvalue weighted by molar-refractivity contribution is 0.157. The van der Waals surface area contributed by atoms with Crippen molar-refractivity contribution in [3.8, 4) is 23.9 Å². The van der Waals surface area contributed by atoms with E-state index in [4.69, 9.17) is 20.0 Å². The molecule has 0 saturated carbocycles. The predicted molar refractivity (Wildman–Crippen MR) is 42.5 cm³/mol. The van der Waals surface area contributed by atoms with Crippen LogP contribution in [-0.2, 0) is 0 Å². The molecule has 2 heterocycles. The summed E-state index contributed by atoms with van der Waals surface area (Å²) in [4.78, 5) is 7.62. The Bertz CT molecular complexity index is 415. The van der Waals surface area contributed by atoms with Crippen molar-refractivity contribution >= 4 is 0 Å². The molecular formula is C8H4N4O2. The molecule has 0 bridgehead atoms. The Morgan fingerprint density at radius 2 is 1.36 bits per heavy atom. The Morgan fingerprint density at radius 3 is 1.71 bits per heavy atom. The summed E-state index contributed by atoms with van der Waals surface area (Å²) in [5.41, 5.74) is -0.0894. The van der Waals surface area contributed by atoms with Gasteiger partial charge in [-0.25, -0.2) is 0 Å². The molecular weight excluding hydrogens is 184 g/mol. The molecule has 0 atom stereocenters. The maximum atomic E-state index is 8.65. The molecule has 0 unspecified atom stereocenters. The van der Waals surface area contributed by atoms with Gasteiger partial charge in [0.1, 0.15) is 25.4 Å². The van der Waals surface area contributed by atoms with Crippen LogP contribution in [0.3, 0.4) is 0 Å². The van der Waals surface area contributed by atoms with Crippen LogP contribution in [-0.4, -0.2) is 23.2 Å². The maximum Gasteiger partial charge on any atom is 0.279 e. The van der Waals surface area contributed by atoms with Gasteiger partial charge in [0.15, 0.2) is 11.4 Å². The number of ether oxygens (including phenoxy) is 2. The first-order valence-corrected chi connectivity index (χ1v) is 3.83. The van der Waals surface area contributed by atoms with Crippen LogP contribution < -0.4 is 9.47 Å². The van der Waals surface area contributed by atoms with E-state index in [0.717, 1.165) is 0 Å². The standard InChI is InChI=1S/C8H4N4O2/c9-3-5-6(4-10)12-8-7(11-5)13-1-2-14-8/h1-2H2. The van der Waals surface area contributed by atoms with Crippen LogP contribution >= 0.6 is 0 Å². The number of rotatable bonds is 0.